The van der Waals surface area contributed by atoms with E-state index in [4.69, 9.17) is 4.74 Å². The number of hydrogen-bond donors (Lipinski definition) is 0. The second-order valence-electron chi connectivity index (χ2n) is 8.00. The highest BCUT2D eigenvalue weighted by Crippen LogP contribution is 2.25. The Morgan fingerprint density at radius 2 is 1.65 bits per heavy atom. The zero-order valence-corrected chi connectivity index (χ0v) is 16.2. The number of carbonyl (C=O) groups excluding carboxylic acids is 1. The van der Waals surface area contributed by atoms with Crippen molar-refractivity contribution < 1.29 is 9.53 Å². The first-order chi connectivity index (χ1) is 12.7. The van der Waals surface area contributed by atoms with E-state index in [0.717, 1.165) is 43.3 Å². The Morgan fingerprint density at radius 3 is 2.31 bits per heavy atom. The third-order valence-corrected chi connectivity index (χ3v) is 6.00. The molecular weight excluding hydrogens is 324 g/mol. The number of carbonyl (C=O) groups is 1. The van der Waals surface area contributed by atoms with Crippen molar-refractivity contribution in [2.24, 2.45) is 11.8 Å². The van der Waals surface area contributed by atoms with Crippen molar-refractivity contribution in [3.05, 3.63) is 35.9 Å². The number of piperidine rings is 2. The van der Waals surface area contributed by atoms with Gasteiger partial charge in [0.2, 0.25) is 0 Å². The summed E-state index contributed by atoms with van der Waals surface area (Å²) in [5, 5.41) is 0. The van der Waals surface area contributed by atoms with Gasteiger partial charge in [0.05, 0.1) is 0 Å². The van der Waals surface area contributed by atoms with Crippen molar-refractivity contribution in [1.82, 2.24) is 9.80 Å². The second-order valence-corrected chi connectivity index (χ2v) is 8.00. The van der Waals surface area contributed by atoms with Crippen LogP contribution in [0.2, 0.25) is 0 Å². The van der Waals surface area contributed by atoms with Gasteiger partial charge in [-0.15, -0.1) is 0 Å². The van der Waals surface area contributed by atoms with Crippen molar-refractivity contribution in [1.29, 1.82) is 0 Å². The molecule has 0 aliphatic carbocycles. The molecule has 0 spiro atoms. The number of benzene rings is 1. The summed E-state index contributed by atoms with van der Waals surface area (Å²) in [6.45, 7) is 8.09. The van der Waals surface area contributed by atoms with Crippen LogP contribution in [-0.2, 0) is 11.3 Å². The minimum atomic E-state index is -0.160. The van der Waals surface area contributed by atoms with E-state index in [1.54, 1.807) is 0 Å². The molecule has 2 heterocycles. The lowest BCUT2D eigenvalue weighted by Crippen LogP contribution is -2.43. The van der Waals surface area contributed by atoms with E-state index in [9.17, 15) is 4.79 Å². The SMILES string of the molecule is CCCC1CCN(CC2CCN(C(=O)OCc3ccccc3)CC2)CC1. The average molecular weight is 359 g/mol. The number of amides is 1. The molecule has 0 aromatic heterocycles. The Labute approximate surface area is 158 Å². The molecule has 3 rings (SSSR count). The van der Waals surface area contributed by atoms with E-state index in [1.165, 1.54) is 45.3 Å². The maximum atomic E-state index is 12.3. The third-order valence-electron chi connectivity index (χ3n) is 6.00. The molecule has 2 fully saturated rings. The first-order valence-corrected chi connectivity index (χ1v) is 10.4. The van der Waals surface area contributed by atoms with E-state index in [1.807, 2.05) is 35.2 Å². The lowest BCUT2D eigenvalue weighted by atomic mass is 9.90. The monoisotopic (exact) mass is 358 g/mol. The smallest absolute Gasteiger partial charge is 0.410 e. The fourth-order valence-electron chi connectivity index (χ4n) is 4.34. The van der Waals surface area contributed by atoms with Crippen LogP contribution in [0.5, 0.6) is 0 Å². The maximum Gasteiger partial charge on any atom is 0.410 e. The summed E-state index contributed by atoms with van der Waals surface area (Å²) in [7, 11) is 0. The van der Waals surface area contributed by atoms with Gasteiger partial charge in [0, 0.05) is 19.6 Å². The molecule has 4 heteroatoms. The van der Waals surface area contributed by atoms with Crippen molar-refractivity contribution >= 4 is 6.09 Å². The van der Waals surface area contributed by atoms with E-state index in [-0.39, 0.29) is 6.09 Å². The van der Waals surface area contributed by atoms with Gasteiger partial charge in [-0.1, -0.05) is 50.1 Å². The minimum Gasteiger partial charge on any atom is -0.445 e. The van der Waals surface area contributed by atoms with Gasteiger partial charge < -0.3 is 14.5 Å². The lowest BCUT2D eigenvalue weighted by molar-refractivity contribution is 0.0735. The number of nitrogens with zero attached hydrogens (tertiary/aromatic N) is 2. The molecule has 0 N–H and O–H groups in total. The summed E-state index contributed by atoms with van der Waals surface area (Å²) in [4.78, 5) is 16.8. The topological polar surface area (TPSA) is 32.8 Å². The number of hydrogen-bond acceptors (Lipinski definition) is 3. The summed E-state index contributed by atoms with van der Waals surface area (Å²) in [5.74, 6) is 1.69. The highest BCUT2D eigenvalue weighted by atomic mass is 16.6. The fraction of sp³-hybridized carbons (Fsp3) is 0.682. The Balaban J connectivity index is 1.33. The van der Waals surface area contributed by atoms with Crippen molar-refractivity contribution in [3.8, 4) is 0 Å². The van der Waals surface area contributed by atoms with E-state index in [0.29, 0.717) is 6.61 Å². The van der Waals surface area contributed by atoms with Gasteiger partial charge in [0.15, 0.2) is 0 Å². The van der Waals surface area contributed by atoms with Crippen molar-refractivity contribution in [2.45, 2.75) is 52.1 Å². The highest BCUT2D eigenvalue weighted by molar-refractivity contribution is 5.67. The standard InChI is InChI=1S/C22H34N2O2/c1-2-6-19-9-13-23(14-10-19)17-20-11-15-24(16-12-20)22(25)26-18-21-7-4-3-5-8-21/h3-5,7-8,19-20H,2,6,9-18H2,1H3. The summed E-state index contributed by atoms with van der Waals surface area (Å²) in [6.07, 6.45) is 7.52. The van der Waals surface area contributed by atoms with Gasteiger partial charge in [-0.25, -0.2) is 4.79 Å². The summed E-state index contributed by atoms with van der Waals surface area (Å²) >= 11 is 0. The molecule has 2 saturated heterocycles. The van der Waals surface area contributed by atoms with Crippen molar-refractivity contribution in [2.75, 3.05) is 32.7 Å². The molecule has 1 amide bonds. The normalized spacial score (nSPS) is 20.3. The molecule has 1 aromatic rings. The summed E-state index contributed by atoms with van der Waals surface area (Å²) in [5.41, 5.74) is 1.04. The minimum absolute atomic E-state index is 0.160. The van der Waals surface area contributed by atoms with Crippen LogP contribution in [0, 0.1) is 11.8 Å². The summed E-state index contributed by atoms with van der Waals surface area (Å²) < 4.78 is 5.46. The molecule has 1 aromatic carbocycles. The second kappa shape index (κ2) is 9.96. The molecule has 144 valence electrons. The molecule has 2 aliphatic heterocycles. The molecule has 0 bridgehead atoms. The van der Waals surface area contributed by atoms with Gasteiger partial charge in [-0.05, 0) is 56.2 Å². The van der Waals surface area contributed by atoms with Crippen molar-refractivity contribution in [3.63, 3.8) is 0 Å². The van der Waals surface area contributed by atoms with Crippen LogP contribution in [0.15, 0.2) is 30.3 Å². The Morgan fingerprint density at radius 1 is 1.00 bits per heavy atom. The number of ether oxygens (including phenoxy) is 1. The zero-order valence-electron chi connectivity index (χ0n) is 16.2. The first-order valence-electron chi connectivity index (χ1n) is 10.4. The lowest BCUT2D eigenvalue weighted by Gasteiger charge is -2.37. The molecule has 2 aliphatic rings. The highest BCUT2D eigenvalue weighted by Gasteiger charge is 2.26. The molecule has 0 atom stereocenters. The van der Waals surface area contributed by atoms with Gasteiger partial charge in [0.25, 0.3) is 0 Å². The first kappa shape index (κ1) is 19.2. The third kappa shape index (κ3) is 5.73. The number of rotatable bonds is 6. The molecule has 26 heavy (non-hydrogen) atoms. The van der Waals surface area contributed by atoms with E-state index in [2.05, 4.69) is 11.8 Å². The maximum absolute atomic E-state index is 12.3. The van der Waals surface area contributed by atoms with Gasteiger partial charge in [-0.2, -0.15) is 0 Å². The molecular formula is C22H34N2O2. The van der Waals surface area contributed by atoms with Crippen LogP contribution in [0.4, 0.5) is 4.79 Å². The molecule has 0 unspecified atom stereocenters. The predicted octanol–water partition coefficient (Wildman–Crippen LogP) is 4.55. The van der Waals surface area contributed by atoms with Gasteiger partial charge in [0.1, 0.15) is 6.61 Å². The van der Waals surface area contributed by atoms with Crippen LogP contribution >= 0.6 is 0 Å². The molecule has 0 saturated carbocycles. The summed E-state index contributed by atoms with van der Waals surface area (Å²) in [6, 6.07) is 9.90. The van der Waals surface area contributed by atoms with Crippen LogP contribution in [0.3, 0.4) is 0 Å². The average Bonchev–Trinajstić information content (AvgIpc) is 2.69. The van der Waals surface area contributed by atoms with Gasteiger partial charge >= 0.3 is 6.09 Å². The number of likely N-dealkylation sites (tertiary alicyclic amines) is 2. The molecule has 0 radical (unpaired) electrons. The Bertz CT molecular complexity index is 532. The largest absolute Gasteiger partial charge is 0.445 e. The van der Waals surface area contributed by atoms with Crippen LogP contribution in [-0.4, -0.2) is 48.6 Å². The van der Waals surface area contributed by atoms with E-state index < -0.39 is 0 Å². The fourth-order valence-corrected chi connectivity index (χ4v) is 4.34. The van der Waals surface area contributed by atoms with Crippen LogP contribution < -0.4 is 0 Å². The Kier molecular flexibility index (Phi) is 7.36. The van der Waals surface area contributed by atoms with Gasteiger partial charge in [-0.3, -0.25) is 0 Å². The zero-order chi connectivity index (χ0) is 18.2. The Hall–Kier alpha value is -1.55. The predicted molar refractivity (Wildman–Crippen MR) is 105 cm³/mol. The van der Waals surface area contributed by atoms with Crippen LogP contribution in [0.1, 0.15) is 51.0 Å². The quantitative estimate of drug-likeness (QED) is 0.748. The molecule has 4 nitrogen and oxygen atoms in total. The van der Waals surface area contributed by atoms with E-state index >= 15 is 0 Å². The van der Waals surface area contributed by atoms with Crippen LogP contribution in [0.25, 0.3) is 0 Å².